The van der Waals surface area contributed by atoms with E-state index in [2.05, 4.69) is 59.4 Å². The first kappa shape index (κ1) is 15.2. The molecule has 5 nitrogen and oxygen atoms in total. The van der Waals surface area contributed by atoms with E-state index in [-0.39, 0.29) is 5.25 Å². The summed E-state index contributed by atoms with van der Waals surface area (Å²) in [5, 5.41) is 19.7. The largest absolute Gasteiger partial charge is 0.276 e. The van der Waals surface area contributed by atoms with Gasteiger partial charge >= 0.3 is 0 Å². The standard InChI is InChI=1S/C15H17N5S2/c1-9-5-6-13(10(2)7-9)20-8-16-19-15(20)21-11(3)14-18-17-12(4)22-14/h5-8,11H,1-4H3/t11-/m1/s1. The van der Waals surface area contributed by atoms with E-state index in [9.17, 15) is 0 Å². The Morgan fingerprint density at radius 3 is 2.64 bits per heavy atom. The molecule has 3 rings (SSSR count). The molecule has 0 aliphatic carbocycles. The molecular weight excluding hydrogens is 314 g/mol. The summed E-state index contributed by atoms with van der Waals surface area (Å²) in [6.45, 7) is 8.29. The van der Waals surface area contributed by atoms with Crippen molar-refractivity contribution in [3.63, 3.8) is 0 Å². The number of aryl methyl sites for hydroxylation is 3. The lowest BCUT2D eigenvalue weighted by Gasteiger charge is -2.12. The lowest BCUT2D eigenvalue weighted by molar-refractivity contribution is 0.865. The van der Waals surface area contributed by atoms with Gasteiger partial charge in [-0.25, -0.2) is 0 Å². The number of benzene rings is 1. The Kier molecular flexibility index (Phi) is 4.26. The van der Waals surface area contributed by atoms with Crippen molar-refractivity contribution < 1.29 is 0 Å². The number of hydrogen-bond donors (Lipinski definition) is 0. The fourth-order valence-corrected chi connectivity index (χ4v) is 3.97. The predicted octanol–water partition coefficient (Wildman–Crippen LogP) is 3.90. The molecule has 0 N–H and O–H groups in total. The molecule has 0 amide bonds. The van der Waals surface area contributed by atoms with Gasteiger partial charge in [0.2, 0.25) is 0 Å². The van der Waals surface area contributed by atoms with Crippen molar-refractivity contribution in [1.29, 1.82) is 0 Å². The van der Waals surface area contributed by atoms with Crippen LogP contribution < -0.4 is 0 Å². The van der Waals surface area contributed by atoms with Crippen LogP contribution in [0, 0.1) is 20.8 Å². The maximum absolute atomic E-state index is 4.26. The van der Waals surface area contributed by atoms with E-state index in [4.69, 9.17) is 0 Å². The van der Waals surface area contributed by atoms with E-state index in [1.165, 1.54) is 11.1 Å². The van der Waals surface area contributed by atoms with Gasteiger partial charge in [0.05, 0.1) is 10.9 Å². The van der Waals surface area contributed by atoms with E-state index in [1.54, 1.807) is 29.4 Å². The lowest BCUT2D eigenvalue weighted by atomic mass is 10.1. The van der Waals surface area contributed by atoms with Gasteiger partial charge in [0.1, 0.15) is 16.3 Å². The summed E-state index contributed by atoms with van der Waals surface area (Å²) in [6.07, 6.45) is 1.76. The molecule has 1 aromatic carbocycles. The minimum absolute atomic E-state index is 0.194. The quantitative estimate of drug-likeness (QED) is 0.679. The fourth-order valence-electron chi connectivity index (χ4n) is 2.23. The Bertz CT molecular complexity index is 793. The summed E-state index contributed by atoms with van der Waals surface area (Å²) in [6, 6.07) is 6.38. The number of thioether (sulfide) groups is 1. The summed E-state index contributed by atoms with van der Waals surface area (Å²) in [4.78, 5) is 0. The summed E-state index contributed by atoms with van der Waals surface area (Å²) < 4.78 is 2.03. The smallest absolute Gasteiger partial charge is 0.196 e. The molecule has 0 saturated heterocycles. The van der Waals surface area contributed by atoms with Gasteiger partial charge in [-0.3, -0.25) is 4.57 Å². The van der Waals surface area contributed by atoms with Gasteiger partial charge in [0.25, 0.3) is 0 Å². The van der Waals surface area contributed by atoms with E-state index in [0.29, 0.717) is 0 Å². The molecule has 7 heteroatoms. The van der Waals surface area contributed by atoms with Crippen LogP contribution in [0.4, 0.5) is 0 Å². The van der Waals surface area contributed by atoms with Crippen molar-refractivity contribution in [3.05, 3.63) is 45.7 Å². The van der Waals surface area contributed by atoms with E-state index >= 15 is 0 Å². The Morgan fingerprint density at radius 2 is 1.95 bits per heavy atom. The number of nitrogens with zero attached hydrogens (tertiary/aromatic N) is 5. The highest BCUT2D eigenvalue weighted by atomic mass is 32.2. The predicted molar refractivity (Wildman–Crippen MR) is 89.8 cm³/mol. The number of hydrogen-bond acceptors (Lipinski definition) is 6. The molecule has 22 heavy (non-hydrogen) atoms. The van der Waals surface area contributed by atoms with Crippen molar-refractivity contribution >= 4 is 23.1 Å². The van der Waals surface area contributed by atoms with Crippen LogP contribution in [0.5, 0.6) is 0 Å². The summed E-state index contributed by atoms with van der Waals surface area (Å²) >= 11 is 3.27. The molecule has 0 saturated carbocycles. The third kappa shape index (κ3) is 3.05. The van der Waals surface area contributed by atoms with Gasteiger partial charge in [0, 0.05) is 0 Å². The normalized spacial score (nSPS) is 12.5. The second kappa shape index (κ2) is 6.18. The topological polar surface area (TPSA) is 56.5 Å². The Hall–Kier alpha value is -1.73. The highest BCUT2D eigenvalue weighted by molar-refractivity contribution is 7.99. The summed E-state index contributed by atoms with van der Waals surface area (Å²) in [5.74, 6) is 0. The van der Waals surface area contributed by atoms with Gasteiger partial charge in [-0.2, -0.15) is 0 Å². The molecular formula is C15H17N5S2. The molecule has 0 spiro atoms. The Balaban J connectivity index is 1.89. The van der Waals surface area contributed by atoms with Crippen LogP contribution >= 0.6 is 23.1 Å². The average Bonchev–Trinajstić information content (AvgIpc) is 3.08. The van der Waals surface area contributed by atoms with Crippen molar-refractivity contribution in [2.75, 3.05) is 0 Å². The molecule has 1 atom stereocenters. The zero-order valence-electron chi connectivity index (χ0n) is 12.9. The first-order valence-corrected chi connectivity index (χ1v) is 8.68. The average molecular weight is 331 g/mol. The van der Waals surface area contributed by atoms with Gasteiger partial charge in [-0.05, 0) is 39.3 Å². The fraction of sp³-hybridized carbons (Fsp3) is 0.333. The van der Waals surface area contributed by atoms with Crippen LogP contribution in [0.15, 0.2) is 29.7 Å². The minimum atomic E-state index is 0.194. The maximum atomic E-state index is 4.26. The molecule has 0 unspecified atom stereocenters. The molecule has 0 aliphatic rings. The van der Waals surface area contributed by atoms with Gasteiger partial charge in [0.15, 0.2) is 5.16 Å². The first-order chi connectivity index (χ1) is 10.5. The van der Waals surface area contributed by atoms with Crippen LogP contribution in [0.3, 0.4) is 0 Å². The van der Waals surface area contributed by atoms with E-state index in [0.717, 1.165) is 20.9 Å². The molecule has 0 radical (unpaired) electrons. The second-order valence-electron chi connectivity index (χ2n) is 5.19. The van der Waals surface area contributed by atoms with Crippen LogP contribution in [0.25, 0.3) is 5.69 Å². The lowest BCUT2D eigenvalue weighted by Crippen LogP contribution is -1.99. The molecule has 0 fully saturated rings. The summed E-state index contributed by atoms with van der Waals surface area (Å²) in [5.41, 5.74) is 3.57. The van der Waals surface area contributed by atoms with Crippen LogP contribution in [0.2, 0.25) is 0 Å². The zero-order valence-corrected chi connectivity index (χ0v) is 14.6. The molecule has 2 aromatic heterocycles. The molecule has 0 aliphatic heterocycles. The third-order valence-electron chi connectivity index (χ3n) is 3.30. The molecule has 3 aromatic rings. The monoisotopic (exact) mass is 331 g/mol. The number of aromatic nitrogens is 5. The Morgan fingerprint density at radius 1 is 1.14 bits per heavy atom. The van der Waals surface area contributed by atoms with E-state index in [1.807, 2.05) is 11.5 Å². The molecule has 2 heterocycles. The third-order valence-corrected chi connectivity index (χ3v) is 5.54. The van der Waals surface area contributed by atoms with Crippen molar-refractivity contribution in [1.82, 2.24) is 25.0 Å². The van der Waals surface area contributed by atoms with Gasteiger partial charge in [-0.1, -0.05) is 29.5 Å². The van der Waals surface area contributed by atoms with Crippen molar-refractivity contribution in [3.8, 4) is 5.69 Å². The van der Waals surface area contributed by atoms with Gasteiger partial charge < -0.3 is 0 Å². The van der Waals surface area contributed by atoms with Crippen LogP contribution in [-0.2, 0) is 0 Å². The van der Waals surface area contributed by atoms with Crippen molar-refractivity contribution in [2.45, 2.75) is 38.1 Å². The minimum Gasteiger partial charge on any atom is -0.276 e. The second-order valence-corrected chi connectivity index (χ2v) is 7.71. The molecule has 0 bridgehead atoms. The zero-order chi connectivity index (χ0) is 15.7. The first-order valence-electron chi connectivity index (χ1n) is 6.99. The maximum Gasteiger partial charge on any atom is 0.196 e. The SMILES string of the molecule is Cc1ccc(-n2cnnc2S[C@H](C)c2nnc(C)s2)c(C)c1. The summed E-state index contributed by atoms with van der Waals surface area (Å²) in [7, 11) is 0. The molecule has 114 valence electrons. The van der Waals surface area contributed by atoms with Crippen molar-refractivity contribution in [2.24, 2.45) is 0 Å². The van der Waals surface area contributed by atoms with Crippen LogP contribution in [-0.4, -0.2) is 25.0 Å². The highest BCUT2D eigenvalue weighted by Gasteiger charge is 2.17. The van der Waals surface area contributed by atoms with E-state index < -0.39 is 0 Å². The highest BCUT2D eigenvalue weighted by Crippen LogP contribution is 2.36. The van der Waals surface area contributed by atoms with Gasteiger partial charge in [-0.15, -0.1) is 31.7 Å². The van der Waals surface area contributed by atoms with Crippen LogP contribution in [0.1, 0.15) is 33.3 Å². The Labute approximate surface area is 137 Å². The number of rotatable bonds is 4.